The smallest absolute Gasteiger partial charge is 0.130 e. The van der Waals surface area contributed by atoms with Crippen LogP contribution < -0.4 is 0 Å². The summed E-state index contributed by atoms with van der Waals surface area (Å²) in [4.78, 5) is 10.8. The van der Waals surface area contributed by atoms with Crippen molar-refractivity contribution in [2.24, 2.45) is 0 Å². The van der Waals surface area contributed by atoms with Crippen molar-refractivity contribution < 1.29 is 9.36 Å². The average molecular weight is 272 g/mol. The fraction of sp³-hybridized carbons (Fsp3) is 0.615. The van der Waals surface area contributed by atoms with Gasteiger partial charge in [0.25, 0.3) is 0 Å². The van der Waals surface area contributed by atoms with Crippen molar-refractivity contribution in [1.82, 2.24) is 0 Å². The van der Waals surface area contributed by atoms with Gasteiger partial charge < -0.3 is 4.57 Å². The number of carbonyl (C=O) groups is 1. The number of thioether (sulfide) groups is 1. The van der Waals surface area contributed by atoms with Crippen molar-refractivity contribution >= 4 is 24.7 Å². The molecule has 0 aliphatic heterocycles. The van der Waals surface area contributed by atoms with Gasteiger partial charge in [0, 0.05) is 24.1 Å². The molecule has 17 heavy (non-hydrogen) atoms. The molecule has 1 aliphatic rings. The third-order valence-corrected chi connectivity index (χ3v) is 6.81. The summed E-state index contributed by atoms with van der Waals surface area (Å²) in [6.45, 7) is 3.51. The molecule has 1 atom stereocenters. The van der Waals surface area contributed by atoms with E-state index in [1.165, 1.54) is 0 Å². The fourth-order valence-electron chi connectivity index (χ4n) is 1.68. The van der Waals surface area contributed by atoms with E-state index < -0.39 is 7.14 Å². The molecule has 0 saturated carbocycles. The molecule has 0 spiro atoms. The molecule has 0 aromatic carbocycles. The quantitative estimate of drug-likeness (QED) is 0.520. The first-order valence-corrected chi connectivity index (χ1v) is 9.52. The van der Waals surface area contributed by atoms with Crippen LogP contribution in [0.4, 0.5) is 0 Å². The summed E-state index contributed by atoms with van der Waals surface area (Å²) >= 11 is 1.73. The number of hydrogen-bond donors (Lipinski definition) is 0. The lowest BCUT2D eigenvalue weighted by atomic mass is 10.2. The lowest BCUT2D eigenvalue weighted by molar-refractivity contribution is -0.116. The predicted octanol–water partition coefficient (Wildman–Crippen LogP) is 3.93. The van der Waals surface area contributed by atoms with Crippen LogP contribution in [0.2, 0.25) is 0 Å². The molecule has 0 N–H and O–H groups in total. The largest absolute Gasteiger partial charge is 0.319 e. The lowest BCUT2D eigenvalue weighted by Crippen LogP contribution is -1.99. The van der Waals surface area contributed by atoms with Crippen molar-refractivity contribution in [3.63, 3.8) is 0 Å². The number of hydrogen-bond acceptors (Lipinski definition) is 3. The molecule has 0 amide bonds. The summed E-state index contributed by atoms with van der Waals surface area (Å²) in [6, 6.07) is 0. The van der Waals surface area contributed by atoms with Crippen molar-refractivity contribution in [2.75, 3.05) is 24.3 Å². The van der Waals surface area contributed by atoms with E-state index >= 15 is 0 Å². The molecule has 1 aliphatic carbocycles. The lowest BCUT2D eigenvalue weighted by Gasteiger charge is -2.18. The second kappa shape index (κ2) is 7.23. The SMILES string of the molecule is CC(=O)CCSCCP(C)(=O)C1=CC=CCC1. The van der Waals surface area contributed by atoms with Crippen molar-refractivity contribution in [1.29, 1.82) is 0 Å². The molecule has 4 heteroatoms. The van der Waals surface area contributed by atoms with E-state index in [0.717, 1.165) is 35.8 Å². The summed E-state index contributed by atoms with van der Waals surface area (Å²) in [5, 5.41) is 1.13. The number of ketones is 1. The highest BCUT2D eigenvalue weighted by atomic mass is 32.2. The molecule has 96 valence electrons. The fourth-order valence-corrected chi connectivity index (χ4v) is 5.52. The summed E-state index contributed by atoms with van der Waals surface area (Å²) < 4.78 is 12.5. The zero-order valence-electron chi connectivity index (χ0n) is 10.6. The van der Waals surface area contributed by atoms with Crippen molar-refractivity contribution in [3.05, 3.63) is 23.5 Å². The van der Waals surface area contributed by atoms with Gasteiger partial charge in [-0.3, -0.25) is 4.79 Å². The highest BCUT2D eigenvalue weighted by Crippen LogP contribution is 2.53. The van der Waals surface area contributed by atoms with Gasteiger partial charge in [-0.2, -0.15) is 11.8 Å². The summed E-state index contributed by atoms with van der Waals surface area (Å²) in [7, 11) is -2.13. The van der Waals surface area contributed by atoms with Crippen LogP contribution in [0.25, 0.3) is 0 Å². The number of Topliss-reactive ketones (excluding diaryl/α,β-unsaturated/α-hetero) is 1. The van der Waals surface area contributed by atoms with Crippen LogP contribution in [-0.4, -0.2) is 30.1 Å². The molecule has 0 aromatic heterocycles. The number of allylic oxidation sites excluding steroid dienone is 4. The van der Waals surface area contributed by atoms with Gasteiger partial charge >= 0.3 is 0 Å². The van der Waals surface area contributed by atoms with E-state index in [4.69, 9.17) is 0 Å². The Balaban J connectivity index is 2.30. The zero-order valence-corrected chi connectivity index (χ0v) is 12.4. The van der Waals surface area contributed by atoms with Gasteiger partial charge in [-0.25, -0.2) is 0 Å². The standard InChI is InChI=1S/C13H21O2PS/c1-12(14)8-10-17-11-9-16(2,15)13-6-4-3-5-7-13/h3-4,6H,5,7-11H2,1-2H3. The molecule has 1 rings (SSSR count). The first kappa shape index (κ1) is 14.8. The van der Waals surface area contributed by atoms with Gasteiger partial charge in [-0.05, 0) is 31.7 Å². The van der Waals surface area contributed by atoms with E-state index in [9.17, 15) is 9.36 Å². The molecule has 0 saturated heterocycles. The Kier molecular flexibility index (Phi) is 6.29. The molecule has 1 unspecified atom stereocenters. The minimum absolute atomic E-state index is 0.234. The van der Waals surface area contributed by atoms with Gasteiger partial charge in [-0.1, -0.05) is 18.2 Å². The maximum atomic E-state index is 12.5. The summed E-state index contributed by atoms with van der Waals surface area (Å²) in [5.74, 6) is 1.98. The van der Waals surface area contributed by atoms with E-state index in [1.54, 1.807) is 18.7 Å². The van der Waals surface area contributed by atoms with Gasteiger partial charge in [0.05, 0.1) is 0 Å². The van der Waals surface area contributed by atoms with E-state index in [-0.39, 0.29) is 5.78 Å². The van der Waals surface area contributed by atoms with Crippen LogP contribution in [0.1, 0.15) is 26.2 Å². The topological polar surface area (TPSA) is 34.1 Å². The Morgan fingerprint density at radius 1 is 1.47 bits per heavy atom. The van der Waals surface area contributed by atoms with Crippen LogP contribution in [0.15, 0.2) is 23.5 Å². The Morgan fingerprint density at radius 2 is 2.24 bits per heavy atom. The minimum atomic E-state index is -2.13. The van der Waals surface area contributed by atoms with E-state index in [2.05, 4.69) is 6.08 Å². The minimum Gasteiger partial charge on any atom is -0.319 e. The molecule has 0 aromatic rings. The van der Waals surface area contributed by atoms with E-state index in [1.807, 2.05) is 18.8 Å². The van der Waals surface area contributed by atoms with Crippen LogP contribution in [0.3, 0.4) is 0 Å². The third kappa shape index (κ3) is 5.74. The highest BCUT2D eigenvalue weighted by molar-refractivity contribution is 7.99. The third-order valence-electron chi connectivity index (χ3n) is 2.86. The van der Waals surface area contributed by atoms with Crippen molar-refractivity contribution in [2.45, 2.75) is 26.2 Å². The monoisotopic (exact) mass is 272 g/mol. The zero-order chi connectivity index (χ0) is 12.7. The van der Waals surface area contributed by atoms with Crippen molar-refractivity contribution in [3.8, 4) is 0 Å². The number of carbonyl (C=O) groups excluding carboxylic acids is 1. The molecule has 0 heterocycles. The van der Waals surface area contributed by atoms with Gasteiger partial charge in [0.1, 0.15) is 12.9 Å². The maximum Gasteiger partial charge on any atom is 0.130 e. The second-order valence-electron chi connectivity index (χ2n) is 4.51. The Morgan fingerprint density at radius 3 is 2.82 bits per heavy atom. The molecule has 0 fully saturated rings. The van der Waals surface area contributed by atoms with Gasteiger partial charge in [0.15, 0.2) is 0 Å². The van der Waals surface area contributed by atoms with Gasteiger partial charge in [-0.15, -0.1) is 0 Å². The van der Waals surface area contributed by atoms with Crippen LogP contribution >= 0.6 is 18.9 Å². The van der Waals surface area contributed by atoms with Gasteiger partial charge in [0.2, 0.25) is 0 Å². The Hall–Kier alpha value is -0.270. The normalized spacial score (nSPS) is 18.6. The molecule has 0 radical (unpaired) electrons. The Bertz CT molecular complexity index is 372. The summed E-state index contributed by atoms with van der Waals surface area (Å²) in [5.41, 5.74) is 0. The first-order valence-electron chi connectivity index (χ1n) is 6.02. The molecular weight excluding hydrogens is 251 g/mol. The molecule has 0 bridgehead atoms. The molecular formula is C13H21O2PS. The number of rotatable bonds is 7. The summed E-state index contributed by atoms with van der Waals surface area (Å²) in [6.07, 6.45) is 9.50. The van der Waals surface area contributed by atoms with Crippen LogP contribution in [0.5, 0.6) is 0 Å². The highest BCUT2D eigenvalue weighted by Gasteiger charge is 2.20. The van der Waals surface area contributed by atoms with Crippen LogP contribution in [-0.2, 0) is 9.36 Å². The Labute approximate surface area is 108 Å². The van der Waals surface area contributed by atoms with Crippen LogP contribution in [0, 0.1) is 0 Å². The second-order valence-corrected chi connectivity index (χ2v) is 8.96. The first-order chi connectivity index (χ1) is 8.02. The maximum absolute atomic E-state index is 12.5. The predicted molar refractivity (Wildman–Crippen MR) is 77.5 cm³/mol. The van der Waals surface area contributed by atoms with E-state index in [0.29, 0.717) is 6.42 Å². The molecule has 2 nitrogen and oxygen atoms in total. The average Bonchev–Trinajstić information content (AvgIpc) is 2.29.